The Bertz CT molecular complexity index is 1150. The van der Waals surface area contributed by atoms with Crippen LogP contribution < -0.4 is 0 Å². The van der Waals surface area contributed by atoms with Crippen LogP contribution in [0.5, 0.6) is 0 Å². The Labute approximate surface area is 171 Å². The molecular formula is C23H25NO4S. The Morgan fingerprint density at radius 1 is 1.17 bits per heavy atom. The van der Waals surface area contributed by atoms with Crippen LogP contribution >= 0.6 is 0 Å². The number of benzene rings is 2. The maximum atomic E-state index is 13.3. The number of carbonyl (C=O) groups is 1. The molecule has 0 unspecified atom stereocenters. The van der Waals surface area contributed by atoms with Crippen LogP contribution in [-0.4, -0.2) is 36.8 Å². The molecule has 0 saturated carbocycles. The molecule has 2 aromatic carbocycles. The molecule has 2 heterocycles. The number of fused-ring (bicyclic) bond motifs is 1. The lowest BCUT2D eigenvalue weighted by molar-refractivity contribution is -0.133. The summed E-state index contributed by atoms with van der Waals surface area (Å²) in [7, 11) is -3.09. The Hall–Kier alpha value is -2.60. The van der Waals surface area contributed by atoms with Gasteiger partial charge in [-0.15, -0.1) is 0 Å². The molecule has 1 saturated heterocycles. The third-order valence-electron chi connectivity index (χ3n) is 5.60. The van der Waals surface area contributed by atoms with Crippen LogP contribution in [0.15, 0.2) is 53.1 Å². The predicted octanol–water partition coefficient (Wildman–Crippen LogP) is 3.81. The Morgan fingerprint density at radius 2 is 1.93 bits per heavy atom. The summed E-state index contributed by atoms with van der Waals surface area (Å²) in [5.41, 5.74) is 4.82. The van der Waals surface area contributed by atoms with Crippen LogP contribution in [0.1, 0.15) is 28.7 Å². The third-order valence-corrected chi connectivity index (χ3v) is 7.35. The number of carbonyl (C=O) groups excluding carboxylic acids is 1. The zero-order valence-electron chi connectivity index (χ0n) is 16.7. The molecule has 0 spiro atoms. The van der Waals surface area contributed by atoms with Crippen LogP contribution in [0.2, 0.25) is 0 Å². The molecule has 152 valence electrons. The smallest absolute Gasteiger partial charge is 0.227 e. The minimum atomic E-state index is -3.09. The van der Waals surface area contributed by atoms with Gasteiger partial charge in [-0.2, -0.15) is 0 Å². The molecule has 1 atom stereocenters. The van der Waals surface area contributed by atoms with E-state index in [1.54, 1.807) is 11.2 Å². The molecular weight excluding hydrogens is 386 g/mol. The van der Waals surface area contributed by atoms with Crippen molar-refractivity contribution >= 4 is 26.7 Å². The highest BCUT2D eigenvalue weighted by molar-refractivity contribution is 7.91. The van der Waals surface area contributed by atoms with Gasteiger partial charge in [0, 0.05) is 23.5 Å². The number of nitrogens with zero attached hydrogens (tertiary/aromatic N) is 1. The first-order chi connectivity index (χ1) is 13.8. The van der Waals surface area contributed by atoms with E-state index in [-0.39, 0.29) is 29.9 Å². The molecule has 3 aromatic rings. The fourth-order valence-corrected chi connectivity index (χ4v) is 5.97. The number of aryl methyl sites for hydroxylation is 2. The molecule has 1 amide bonds. The minimum Gasteiger partial charge on any atom is -0.464 e. The van der Waals surface area contributed by atoms with E-state index >= 15 is 0 Å². The van der Waals surface area contributed by atoms with Gasteiger partial charge in [-0.1, -0.05) is 36.4 Å². The zero-order chi connectivity index (χ0) is 20.6. The van der Waals surface area contributed by atoms with Gasteiger partial charge < -0.3 is 9.32 Å². The van der Waals surface area contributed by atoms with Gasteiger partial charge in [0.25, 0.3) is 0 Å². The molecule has 1 aliphatic heterocycles. The van der Waals surface area contributed by atoms with E-state index < -0.39 is 9.84 Å². The summed E-state index contributed by atoms with van der Waals surface area (Å²) in [5.74, 6) is 0.109. The number of hydrogen-bond acceptors (Lipinski definition) is 4. The molecule has 6 heteroatoms. The summed E-state index contributed by atoms with van der Waals surface area (Å²) in [4.78, 5) is 15.1. The molecule has 0 radical (unpaired) electrons. The van der Waals surface area contributed by atoms with Crippen LogP contribution in [-0.2, 0) is 27.6 Å². The van der Waals surface area contributed by atoms with Crippen molar-refractivity contribution in [2.45, 2.75) is 39.3 Å². The minimum absolute atomic E-state index is 0.0376. The molecule has 4 rings (SSSR count). The SMILES string of the molecule is Cc1cc(C)c2c(CC(=O)N(Cc3ccccc3)[C@H]3CCS(=O)(=O)C3)coc2c1. The second-order valence-electron chi connectivity index (χ2n) is 7.96. The monoisotopic (exact) mass is 411 g/mol. The van der Waals surface area contributed by atoms with Crippen molar-refractivity contribution in [3.05, 3.63) is 71.0 Å². The molecule has 1 aromatic heterocycles. The fourth-order valence-electron chi connectivity index (χ4n) is 4.24. The van der Waals surface area contributed by atoms with E-state index in [1.807, 2.05) is 50.2 Å². The van der Waals surface area contributed by atoms with Crippen LogP contribution in [0.3, 0.4) is 0 Å². The maximum Gasteiger partial charge on any atom is 0.227 e. The lowest BCUT2D eigenvalue weighted by atomic mass is 10.0. The highest BCUT2D eigenvalue weighted by atomic mass is 32.2. The van der Waals surface area contributed by atoms with Gasteiger partial charge in [0.1, 0.15) is 5.58 Å². The highest BCUT2D eigenvalue weighted by Gasteiger charge is 2.35. The quantitative estimate of drug-likeness (QED) is 0.640. The average Bonchev–Trinajstić information content (AvgIpc) is 3.23. The van der Waals surface area contributed by atoms with E-state index in [4.69, 9.17) is 4.42 Å². The van der Waals surface area contributed by atoms with Gasteiger partial charge in [-0.3, -0.25) is 4.79 Å². The third kappa shape index (κ3) is 4.22. The van der Waals surface area contributed by atoms with Crippen LogP contribution in [0.25, 0.3) is 11.0 Å². The Morgan fingerprint density at radius 3 is 2.62 bits per heavy atom. The summed E-state index contributed by atoms with van der Waals surface area (Å²) in [6, 6.07) is 13.5. The number of hydrogen-bond donors (Lipinski definition) is 0. The zero-order valence-corrected chi connectivity index (χ0v) is 17.5. The fraction of sp³-hybridized carbons (Fsp3) is 0.348. The van der Waals surface area contributed by atoms with Gasteiger partial charge >= 0.3 is 0 Å². The summed E-state index contributed by atoms with van der Waals surface area (Å²) in [5, 5.41) is 0.975. The van der Waals surface area contributed by atoms with Crippen LogP contribution in [0.4, 0.5) is 0 Å². The molecule has 5 nitrogen and oxygen atoms in total. The molecule has 0 N–H and O–H groups in total. The van der Waals surface area contributed by atoms with Gasteiger partial charge in [-0.25, -0.2) is 8.42 Å². The van der Waals surface area contributed by atoms with Crippen molar-refractivity contribution in [2.24, 2.45) is 0 Å². The van der Waals surface area contributed by atoms with E-state index in [1.165, 1.54) is 0 Å². The van der Waals surface area contributed by atoms with Crippen molar-refractivity contribution in [2.75, 3.05) is 11.5 Å². The average molecular weight is 412 g/mol. The first-order valence-electron chi connectivity index (χ1n) is 9.83. The summed E-state index contributed by atoms with van der Waals surface area (Å²) in [6.07, 6.45) is 2.34. The van der Waals surface area contributed by atoms with Gasteiger partial charge in [0.15, 0.2) is 9.84 Å². The first-order valence-corrected chi connectivity index (χ1v) is 11.7. The number of sulfone groups is 1. The van der Waals surface area contributed by atoms with Crippen molar-refractivity contribution in [3.8, 4) is 0 Å². The van der Waals surface area contributed by atoms with E-state index in [9.17, 15) is 13.2 Å². The van der Waals surface area contributed by atoms with Crippen molar-refractivity contribution in [1.82, 2.24) is 4.90 Å². The first kappa shape index (κ1) is 19.7. The summed E-state index contributed by atoms with van der Waals surface area (Å²) < 4.78 is 29.8. The lowest BCUT2D eigenvalue weighted by Crippen LogP contribution is -2.41. The predicted molar refractivity (Wildman–Crippen MR) is 113 cm³/mol. The maximum absolute atomic E-state index is 13.3. The number of furan rings is 1. The molecule has 1 fully saturated rings. The van der Waals surface area contributed by atoms with Gasteiger partial charge in [0.05, 0.1) is 24.2 Å². The normalized spacial score (nSPS) is 18.2. The lowest BCUT2D eigenvalue weighted by Gasteiger charge is -2.28. The molecule has 0 bridgehead atoms. The largest absolute Gasteiger partial charge is 0.464 e. The number of rotatable bonds is 5. The standard InChI is InChI=1S/C23H25NO4S/c1-16-10-17(2)23-19(14-28-21(23)11-16)12-22(25)24(13-18-6-4-3-5-7-18)20-8-9-29(26,27)15-20/h3-7,10-11,14,20H,8-9,12-13,15H2,1-2H3/t20-/m0/s1. The van der Waals surface area contributed by atoms with Gasteiger partial charge in [0.2, 0.25) is 5.91 Å². The van der Waals surface area contributed by atoms with E-state index in [0.29, 0.717) is 13.0 Å². The highest BCUT2D eigenvalue weighted by Crippen LogP contribution is 2.28. The van der Waals surface area contributed by atoms with E-state index in [0.717, 1.165) is 33.2 Å². The summed E-state index contributed by atoms with van der Waals surface area (Å²) in [6.45, 7) is 4.44. The Kier molecular flexibility index (Phi) is 5.21. The molecule has 29 heavy (non-hydrogen) atoms. The van der Waals surface area contributed by atoms with Crippen molar-refractivity contribution < 1.29 is 17.6 Å². The second kappa shape index (κ2) is 7.67. The topological polar surface area (TPSA) is 67.6 Å². The van der Waals surface area contributed by atoms with Crippen molar-refractivity contribution in [3.63, 3.8) is 0 Å². The molecule has 1 aliphatic rings. The van der Waals surface area contributed by atoms with Crippen LogP contribution in [0, 0.1) is 13.8 Å². The van der Waals surface area contributed by atoms with Crippen molar-refractivity contribution in [1.29, 1.82) is 0 Å². The Balaban J connectivity index is 1.63. The van der Waals surface area contributed by atoms with E-state index in [2.05, 4.69) is 6.07 Å². The second-order valence-corrected chi connectivity index (χ2v) is 10.2. The summed E-state index contributed by atoms with van der Waals surface area (Å²) >= 11 is 0. The molecule has 0 aliphatic carbocycles. The number of amides is 1. The van der Waals surface area contributed by atoms with Gasteiger partial charge in [-0.05, 0) is 43.0 Å².